The van der Waals surface area contributed by atoms with Gasteiger partial charge in [-0.25, -0.2) is 0 Å². The molecular weight excluding hydrogens is 280 g/mol. The van der Waals surface area contributed by atoms with Crippen LogP contribution in [-0.2, 0) is 0 Å². The van der Waals surface area contributed by atoms with Crippen molar-refractivity contribution in [2.45, 2.75) is 33.6 Å². The number of aromatic hydroxyl groups is 1. The van der Waals surface area contributed by atoms with Crippen molar-refractivity contribution in [2.24, 2.45) is 0 Å². The van der Waals surface area contributed by atoms with Crippen LogP contribution in [0.3, 0.4) is 0 Å². The molecule has 4 heteroatoms. The van der Waals surface area contributed by atoms with Gasteiger partial charge in [-0.2, -0.15) is 0 Å². The number of allylic oxidation sites excluding steroid dienone is 3. The Morgan fingerprint density at radius 2 is 1.91 bits per heavy atom. The zero-order chi connectivity index (χ0) is 17.0. The summed E-state index contributed by atoms with van der Waals surface area (Å²) in [6.07, 6.45) is 6.92. The number of hydrogen-bond acceptors (Lipinski definition) is 4. The zero-order valence-electron chi connectivity index (χ0n) is 13.8. The number of benzene rings is 1. The van der Waals surface area contributed by atoms with Gasteiger partial charge in [0.1, 0.15) is 6.29 Å². The van der Waals surface area contributed by atoms with E-state index in [4.69, 9.17) is 14.9 Å². The molecule has 22 heavy (non-hydrogen) atoms. The Morgan fingerprint density at radius 3 is 2.41 bits per heavy atom. The van der Waals surface area contributed by atoms with Crippen LogP contribution in [0.1, 0.15) is 44.0 Å². The number of hydrogen-bond donors (Lipinski definition) is 2. The number of ether oxygens (including phenoxy) is 1. The van der Waals surface area contributed by atoms with E-state index in [1.807, 2.05) is 6.08 Å². The Morgan fingerprint density at radius 1 is 1.23 bits per heavy atom. The van der Waals surface area contributed by atoms with E-state index in [0.717, 1.165) is 12.8 Å². The van der Waals surface area contributed by atoms with Crippen molar-refractivity contribution in [3.8, 4) is 11.5 Å². The molecule has 0 unspecified atom stereocenters. The molecule has 0 atom stereocenters. The van der Waals surface area contributed by atoms with E-state index in [9.17, 15) is 4.79 Å². The maximum atomic E-state index is 10.2. The van der Waals surface area contributed by atoms with Gasteiger partial charge in [0.2, 0.25) is 0 Å². The lowest BCUT2D eigenvalue weighted by atomic mass is 10.1. The highest BCUT2D eigenvalue weighted by Crippen LogP contribution is 2.25. The third-order valence-corrected chi connectivity index (χ3v) is 2.87. The van der Waals surface area contributed by atoms with Gasteiger partial charge in [0.15, 0.2) is 11.5 Å². The van der Waals surface area contributed by atoms with Gasteiger partial charge in [0, 0.05) is 5.56 Å². The minimum absolute atomic E-state index is 0.0399. The third-order valence-electron chi connectivity index (χ3n) is 2.87. The number of aldehydes is 1. The van der Waals surface area contributed by atoms with Crippen LogP contribution < -0.4 is 4.74 Å². The van der Waals surface area contributed by atoms with Crippen molar-refractivity contribution < 1.29 is 19.7 Å². The Balaban J connectivity index is 0.000000401. The second-order valence-electron chi connectivity index (χ2n) is 5.10. The Hall–Kier alpha value is -2.07. The molecule has 0 heterocycles. The van der Waals surface area contributed by atoms with Gasteiger partial charge in [-0.1, -0.05) is 23.3 Å². The number of aliphatic hydroxyl groups is 1. The van der Waals surface area contributed by atoms with E-state index >= 15 is 0 Å². The summed E-state index contributed by atoms with van der Waals surface area (Å²) in [5.74, 6) is 0.354. The first-order valence-electron chi connectivity index (χ1n) is 7.16. The number of methoxy groups -OCH3 is 1. The number of carbonyl (C=O) groups is 1. The molecule has 1 aromatic rings. The van der Waals surface area contributed by atoms with Crippen molar-refractivity contribution in [3.05, 3.63) is 47.1 Å². The van der Waals surface area contributed by atoms with Gasteiger partial charge in [0.05, 0.1) is 13.7 Å². The highest BCUT2D eigenvalue weighted by Gasteiger charge is 2.00. The second-order valence-corrected chi connectivity index (χ2v) is 5.10. The molecule has 0 radical (unpaired) electrons. The molecule has 0 bridgehead atoms. The van der Waals surface area contributed by atoms with E-state index in [2.05, 4.69) is 26.8 Å². The molecule has 0 amide bonds. The standard InChI is InChI=1S/C10H18O.C8H8O3/c1-9(2)5-4-6-10(3)7-8-11;1-11-8-4-6(5-9)2-3-7(8)10/h5,7,11H,4,6,8H2,1-3H3;2-5,10H,1H3/b10-7+;. The number of phenols is 1. The minimum Gasteiger partial charge on any atom is -0.504 e. The van der Waals surface area contributed by atoms with Crippen LogP contribution in [0.5, 0.6) is 11.5 Å². The van der Waals surface area contributed by atoms with Crippen LogP contribution in [0.2, 0.25) is 0 Å². The van der Waals surface area contributed by atoms with Crippen molar-refractivity contribution in [2.75, 3.05) is 13.7 Å². The first-order chi connectivity index (χ1) is 10.4. The molecule has 0 aliphatic heterocycles. The van der Waals surface area contributed by atoms with Gasteiger partial charge in [-0.3, -0.25) is 4.79 Å². The lowest BCUT2D eigenvalue weighted by Crippen LogP contribution is -1.85. The average Bonchev–Trinajstić information content (AvgIpc) is 2.48. The molecule has 0 saturated heterocycles. The SMILES string of the molecule is CC(C)=CCC/C(C)=C/CO.COc1cc(C=O)ccc1O. The molecule has 4 nitrogen and oxygen atoms in total. The van der Waals surface area contributed by atoms with E-state index in [1.54, 1.807) is 0 Å². The molecule has 0 saturated carbocycles. The summed E-state index contributed by atoms with van der Waals surface area (Å²) < 4.78 is 4.78. The lowest BCUT2D eigenvalue weighted by molar-refractivity contribution is 0.112. The van der Waals surface area contributed by atoms with Crippen LogP contribution >= 0.6 is 0 Å². The first kappa shape index (κ1) is 19.9. The highest BCUT2D eigenvalue weighted by atomic mass is 16.5. The van der Waals surface area contributed by atoms with Gasteiger partial charge < -0.3 is 14.9 Å². The van der Waals surface area contributed by atoms with Crippen LogP contribution in [0.15, 0.2) is 41.5 Å². The molecule has 0 aromatic heterocycles. The van der Waals surface area contributed by atoms with Crippen molar-refractivity contribution >= 4 is 6.29 Å². The molecule has 0 spiro atoms. The number of carbonyl (C=O) groups excluding carboxylic acids is 1. The Bertz CT molecular complexity index is 512. The predicted molar refractivity (Wildman–Crippen MR) is 89.6 cm³/mol. The fourth-order valence-corrected chi connectivity index (χ4v) is 1.61. The predicted octanol–water partition coefficient (Wildman–Crippen LogP) is 3.88. The molecule has 0 fully saturated rings. The largest absolute Gasteiger partial charge is 0.504 e. The summed E-state index contributed by atoms with van der Waals surface area (Å²) in [7, 11) is 1.43. The first-order valence-corrected chi connectivity index (χ1v) is 7.16. The minimum atomic E-state index is 0.0399. The monoisotopic (exact) mass is 306 g/mol. The molecule has 2 N–H and O–H groups in total. The normalized spacial score (nSPS) is 10.3. The third kappa shape index (κ3) is 8.97. The number of aliphatic hydroxyl groups excluding tert-OH is 1. The van der Waals surface area contributed by atoms with E-state index in [0.29, 0.717) is 17.6 Å². The van der Waals surface area contributed by atoms with Crippen LogP contribution in [0.4, 0.5) is 0 Å². The molecule has 0 aliphatic carbocycles. The quantitative estimate of drug-likeness (QED) is 0.618. The highest BCUT2D eigenvalue weighted by molar-refractivity contribution is 5.76. The summed E-state index contributed by atoms with van der Waals surface area (Å²) in [5.41, 5.74) is 3.12. The second kappa shape index (κ2) is 11.6. The Labute approximate surface area is 132 Å². The summed E-state index contributed by atoms with van der Waals surface area (Å²) in [5, 5.41) is 17.6. The number of phenolic OH excluding ortho intramolecular Hbond substituents is 1. The topological polar surface area (TPSA) is 66.8 Å². The van der Waals surface area contributed by atoms with Crippen LogP contribution in [-0.4, -0.2) is 30.2 Å². The van der Waals surface area contributed by atoms with Crippen molar-refractivity contribution in [1.29, 1.82) is 0 Å². The smallest absolute Gasteiger partial charge is 0.161 e. The summed E-state index contributed by atoms with van der Waals surface area (Å²) in [4.78, 5) is 10.2. The van der Waals surface area contributed by atoms with Crippen LogP contribution in [0, 0.1) is 0 Å². The zero-order valence-corrected chi connectivity index (χ0v) is 13.8. The Kier molecular flexibility index (Phi) is 10.5. The number of rotatable bonds is 6. The van der Waals surface area contributed by atoms with E-state index < -0.39 is 0 Å². The fourth-order valence-electron chi connectivity index (χ4n) is 1.61. The molecule has 0 aliphatic rings. The maximum absolute atomic E-state index is 10.2. The average molecular weight is 306 g/mol. The van der Waals surface area contributed by atoms with Crippen molar-refractivity contribution in [1.82, 2.24) is 0 Å². The maximum Gasteiger partial charge on any atom is 0.161 e. The van der Waals surface area contributed by atoms with Crippen LogP contribution in [0.25, 0.3) is 0 Å². The summed E-state index contributed by atoms with van der Waals surface area (Å²) >= 11 is 0. The van der Waals surface area contributed by atoms with E-state index in [1.165, 1.54) is 36.5 Å². The summed E-state index contributed by atoms with van der Waals surface area (Å²) in [6, 6.07) is 4.41. The van der Waals surface area contributed by atoms with Gasteiger partial charge in [-0.15, -0.1) is 0 Å². The molecule has 1 rings (SSSR count). The summed E-state index contributed by atoms with van der Waals surface area (Å²) in [6.45, 7) is 6.42. The fraction of sp³-hybridized carbons (Fsp3) is 0.389. The van der Waals surface area contributed by atoms with Gasteiger partial charge in [-0.05, 0) is 51.8 Å². The molecule has 1 aromatic carbocycles. The molecule has 122 valence electrons. The van der Waals surface area contributed by atoms with E-state index in [-0.39, 0.29) is 12.4 Å². The van der Waals surface area contributed by atoms with Gasteiger partial charge in [0.25, 0.3) is 0 Å². The van der Waals surface area contributed by atoms with Gasteiger partial charge >= 0.3 is 0 Å². The lowest BCUT2D eigenvalue weighted by Gasteiger charge is -2.01. The molecular formula is C18H26O4. The van der Waals surface area contributed by atoms with Crippen molar-refractivity contribution in [3.63, 3.8) is 0 Å².